The van der Waals surface area contributed by atoms with E-state index in [4.69, 9.17) is 4.74 Å². The van der Waals surface area contributed by atoms with Crippen LogP contribution in [0.25, 0.3) is 0 Å². The summed E-state index contributed by atoms with van der Waals surface area (Å²) in [7, 11) is 0. The summed E-state index contributed by atoms with van der Waals surface area (Å²) >= 11 is 1.51. The van der Waals surface area contributed by atoms with E-state index in [0.29, 0.717) is 22.7 Å². The molecule has 0 N–H and O–H groups in total. The average Bonchev–Trinajstić information content (AvgIpc) is 3.29. The number of unbranched alkanes of at least 4 members (excludes halogenated alkanes) is 7. The van der Waals surface area contributed by atoms with Crippen molar-refractivity contribution in [3.05, 3.63) is 11.6 Å². The summed E-state index contributed by atoms with van der Waals surface area (Å²) in [5.41, 5.74) is 2.62. The van der Waals surface area contributed by atoms with E-state index in [2.05, 4.69) is 47.6 Å². The normalized spacial score (nSPS) is 35.4. The highest BCUT2D eigenvalue weighted by molar-refractivity contribution is 8.13. The molecule has 2 nitrogen and oxygen atoms in total. The first-order valence-electron chi connectivity index (χ1n) is 18.2. The third-order valence-corrected chi connectivity index (χ3v) is 13.8. The van der Waals surface area contributed by atoms with Crippen molar-refractivity contribution in [2.45, 2.75) is 169 Å². The van der Waals surface area contributed by atoms with Crippen LogP contribution < -0.4 is 0 Å². The molecule has 0 radical (unpaired) electrons. The Labute approximate surface area is 259 Å². The topological polar surface area (TPSA) is 26.3 Å². The van der Waals surface area contributed by atoms with Crippen LogP contribution in [0.3, 0.4) is 0 Å². The van der Waals surface area contributed by atoms with Crippen LogP contribution in [0.15, 0.2) is 11.6 Å². The van der Waals surface area contributed by atoms with Gasteiger partial charge in [-0.15, -0.1) is 0 Å². The standard InChI is InChI=1S/C38H66O2S/c1-7-8-9-10-11-12-13-14-26-40-36(39)41-31-22-24-37(5)30(27-31)18-19-32-34-21-20-33(29(4)17-15-16-28(2)3)38(34,6)25-23-35(32)37/h18,28-29,31-35H,7-17,19-27H2,1-6H3/t29-,31+,32+,33-,34+,35+,37+,38-/m1/s1. The molecule has 4 aliphatic carbocycles. The minimum atomic E-state index is -0.0243. The van der Waals surface area contributed by atoms with E-state index in [1.165, 1.54) is 121 Å². The zero-order chi connectivity index (χ0) is 29.5. The van der Waals surface area contributed by atoms with Crippen LogP contribution in [0.1, 0.15) is 164 Å². The summed E-state index contributed by atoms with van der Waals surface area (Å²) in [5, 5.41) is 0.386. The van der Waals surface area contributed by atoms with Gasteiger partial charge in [-0.2, -0.15) is 0 Å². The van der Waals surface area contributed by atoms with Gasteiger partial charge < -0.3 is 4.74 Å². The fourth-order valence-corrected chi connectivity index (χ4v) is 11.2. The van der Waals surface area contributed by atoms with Gasteiger partial charge in [-0.1, -0.05) is 117 Å². The molecule has 0 aromatic rings. The molecule has 3 fully saturated rings. The molecule has 0 saturated heterocycles. The van der Waals surface area contributed by atoms with Crippen molar-refractivity contribution in [3.8, 4) is 0 Å². The van der Waals surface area contributed by atoms with E-state index in [-0.39, 0.29) is 5.30 Å². The van der Waals surface area contributed by atoms with Crippen molar-refractivity contribution in [1.82, 2.24) is 0 Å². The lowest BCUT2D eigenvalue weighted by Gasteiger charge is -2.58. The average molecular weight is 587 g/mol. The highest BCUT2D eigenvalue weighted by Gasteiger charge is 2.59. The van der Waals surface area contributed by atoms with Gasteiger partial charge in [0.05, 0.1) is 6.61 Å². The lowest BCUT2D eigenvalue weighted by atomic mass is 9.47. The largest absolute Gasteiger partial charge is 0.458 e. The maximum atomic E-state index is 12.7. The molecule has 8 atom stereocenters. The molecule has 0 heterocycles. The molecule has 0 amide bonds. The van der Waals surface area contributed by atoms with Gasteiger partial charge in [-0.3, -0.25) is 0 Å². The number of carbonyl (C=O) groups excluding carboxylic acids is 1. The van der Waals surface area contributed by atoms with E-state index < -0.39 is 0 Å². The summed E-state index contributed by atoms with van der Waals surface area (Å²) in [5.74, 6) is 5.32. The van der Waals surface area contributed by atoms with Crippen LogP contribution in [0.5, 0.6) is 0 Å². The Morgan fingerprint density at radius 3 is 2.37 bits per heavy atom. The monoisotopic (exact) mass is 586 g/mol. The zero-order valence-electron chi connectivity index (χ0n) is 28.0. The number of rotatable bonds is 15. The van der Waals surface area contributed by atoms with Gasteiger partial charge in [-0.05, 0) is 116 Å². The van der Waals surface area contributed by atoms with Crippen molar-refractivity contribution in [1.29, 1.82) is 0 Å². The summed E-state index contributed by atoms with van der Waals surface area (Å²) in [6.45, 7) is 15.5. The first-order chi connectivity index (χ1) is 19.7. The number of hydrogen-bond acceptors (Lipinski definition) is 3. The molecule has 4 rings (SSSR count). The lowest BCUT2D eigenvalue weighted by Crippen LogP contribution is -2.50. The predicted molar refractivity (Wildman–Crippen MR) is 178 cm³/mol. The van der Waals surface area contributed by atoms with Crippen LogP contribution in [0.4, 0.5) is 4.79 Å². The first kappa shape index (κ1) is 33.5. The van der Waals surface area contributed by atoms with Gasteiger partial charge in [0, 0.05) is 5.25 Å². The van der Waals surface area contributed by atoms with Gasteiger partial charge in [0.1, 0.15) is 0 Å². The molecular weight excluding hydrogens is 520 g/mol. The maximum Gasteiger partial charge on any atom is 0.367 e. The van der Waals surface area contributed by atoms with Gasteiger partial charge in [0.15, 0.2) is 0 Å². The number of thioether (sulfide) groups is 1. The second-order valence-corrected chi connectivity index (χ2v) is 17.1. The second kappa shape index (κ2) is 15.5. The smallest absolute Gasteiger partial charge is 0.367 e. The number of ether oxygens (including phenoxy) is 1. The van der Waals surface area contributed by atoms with Crippen molar-refractivity contribution < 1.29 is 9.53 Å². The number of hydrogen-bond donors (Lipinski definition) is 0. The molecule has 3 heteroatoms. The van der Waals surface area contributed by atoms with Gasteiger partial charge in [0.25, 0.3) is 0 Å². The van der Waals surface area contributed by atoms with Crippen LogP contribution in [-0.2, 0) is 4.74 Å². The van der Waals surface area contributed by atoms with E-state index in [1.54, 1.807) is 5.57 Å². The Morgan fingerprint density at radius 1 is 0.902 bits per heavy atom. The Kier molecular flexibility index (Phi) is 12.7. The number of allylic oxidation sites excluding steroid dienone is 2. The summed E-state index contributed by atoms with van der Waals surface area (Å²) in [6.07, 6.45) is 27.8. The van der Waals surface area contributed by atoms with E-state index in [9.17, 15) is 4.79 Å². The fraction of sp³-hybridized carbons (Fsp3) is 0.921. The lowest BCUT2D eigenvalue weighted by molar-refractivity contribution is -0.0497. The Hall–Kier alpha value is -0.440. The number of carbonyl (C=O) groups is 1. The Bertz CT molecular complexity index is 849. The molecule has 0 spiro atoms. The summed E-state index contributed by atoms with van der Waals surface area (Å²) in [4.78, 5) is 12.7. The van der Waals surface area contributed by atoms with Gasteiger partial charge in [-0.25, -0.2) is 4.79 Å². The van der Waals surface area contributed by atoms with E-state index >= 15 is 0 Å². The summed E-state index contributed by atoms with van der Waals surface area (Å²) in [6, 6.07) is 0. The molecule has 0 bridgehead atoms. The van der Waals surface area contributed by atoms with Gasteiger partial charge in [0.2, 0.25) is 0 Å². The predicted octanol–water partition coefficient (Wildman–Crippen LogP) is 12.4. The van der Waals surface area contributed by atoms with Gasteiger partial charge >= 0.3 is 5.30 Å². The van der Waals surface area contributed by atoms with Crippen LogP contribution in [0, 0.1) is 46.3 Å². The molecule has 236 valence electrons. The molecule has 0 aliphatic heterocycles. The molecule has 41 heavy (non-hydrogen) atoms. The van der Waals surface area contributed by atoms with Crippen LogP contribution in [-0.4, -0.2) is 17.2 Å². The third-order valence-electron chi connectivity index (χ3n) is 12.7. The first-order valence-corrected chi connectivity index (χ1v) is 19.1. The quantitative estimate of drug-likeness (QED) is 0.108. The summed E-state index contributed by atoms with van der Waals surface area (Å²) < 4.78 is 5.67. The highest BCUT2D eigenvalue weighted by atomic mass is 32.2. The van der Waals surface area contributed by atoms with Crippen molar-refractivity contribution >= 4 is 17.1 Å². The van der Waals surface area contributed by atoms with Crippen molar-refractivity contribution in [2.24, 2.45) is 46.3 Å². The fourth-order valence-electron chi connectivity index (χ4n) is 10.3. The minimum absolute atomic E-state index is 0.0243. The second-order valence-electron chi connectivity index (χ2n) is 15.8. The Balaban J connectivity index is 1.24. The SMILES string of the molecule is CCCCCCCCCCOC(=O)S[C@H]1CC[C@@]2(C)C(=CC[C@H]3[C@@H]4CC[C@H]([C@H](C)CCCC(C)C)[C@@]4(C)CC[C@@H]32)C1. The van der Waals surface area contributed by atoms with Crippen LogP contribution >= 0.6 is 11.8 Å². The molecule has 0 unspecified atom stereocenters. The minimum Gasteiger partial charge on any atom is -0.458 e. The molecular formula is C38H66O2S. The molecule has 0 aromatic carbocycles. The third kappa shape index (κ3) is 8.19. The van der Waals surface area contributed by atoms with E-state index in [1.807, 2.05) is 0 Å². The zero-order valence-corrected chi connectivity index (χ0v) is 28.8. The van der Waals surface area contributed by atoms with Crippen LogP contribution in [0.2, 0.25) is 0 Å². The molecule has 4 aliphatic rings. The van der Waals surface area contributed by atoms with Crippen molar-refractivity contribution in [2.75, 3.05) is 6.61 Å². The molecule has 3 saturated carbocycles. The van der Waals surface area contributed by atoms with Crippen molar-refractivity contribution in [3.63, 3.8) is 0 Å². The maximum absolute atomic E-state index is 12.7. The number of fused-ring (bicyclic) bond motifs is 5. The van der Waals surface area contributed by atoms with E-state index in [0.717, 1.165) is 48.3 Å². The molecule has 0 aromatic heterocycles. The Morgan fingerprint density at radius 2 is 1.63 bits per heavy atom. The highest BCUT2D eigenvalue weighted by Crippen LogP contribution is 2.67.